The zero-order chi connectivity index (χ0) is 19.2. The highest BCUT2D eigenvalue weighted by molar-refractivity contribution is 7.89. The highest BCUT2D eigenvalue weighted by atomic mass is 32.2. The van der Waals surface area contributed by atoms with Crippen LogP contribution in [0.15, 0.2) is 53.4 Å². The van der Waals surface area contributed by atoms with Crippen LogP contribution in [-0.4, -0.2) is 26.1 Å². The minimum Gasteiger partial charge on any atom is -0.494 e. The Bertz CT molecular complexity index is 835. The molecule has 1 atom stereocenters. The summed E-state index contributed by atoms with van der Waals surface area (Å²) >= 11 is 0. The van der Waals surface area contributed by atoms with Gasteiger partial charge in [-0.2, -0.15) is 0 Å². The molecule has 140 valence electrons. The lowest BCUT2D eigenvalue weighted by atomic mass is 10.0. The van der Waals surface area contributed by atoms with Gasteiger partial charge >= 0.3 is 5.97 Å². The molecule has 0 saturated heterocycles. The van der Waals surface area contributed by atoms with Crippen molar-refractivity contribution in [3.8, 4) is 5.75 Å². The summed E-state index contributed by atoms with van der Waals surface area (Å²) in [6, 6.07) is 9.88. The minimum atomic E-state index is -4.01. The monoisotopic (exact) mass is 381 g/mol. The smallest absolute Gasteiger partial charge is 0.305 e. The van der Waals surface area contributed by atoms with Gasteiger partial charge in [0.05, 0.1) is 24.0 Å². The number of hydrogen-bond donors (Lipinski definition) is 2. The molecule has 6 nitrogen and oxygen atoms in total. The first-order valence-electron chi connectivity index (χ1n) is 8.04. The minimum absolute atomic E-state index is 0.141. The van der Waals surface area contributed by atoms with Crippen LogP contribution in [0.4, 0.5) is 4.39 Å². The molecule has 0 saturated carbocycles. The van der Waals surface area contributed by atoms with Gasteiger partial charge in [0.15, 0.2) is 0 Å². The van der Waals surface area contributed by atoms with E-state index in [1.54, 1.807) is 24.3 Å². The van der Waals surface area contributed by atoms with Gasteiger partial charge in [-0.1, -0.05) is 19.1 Å². The molecule has 0 aliphatic carbocycles. The Morgan fingerprint density at radius 1 is 1.15 bits per heavy atom. The lowest BCUT2D eigenvalue weighted by Gasteiger charge is -2.18. The third-order valence-corrected chi connectivity index (χ3v) is 5.04. The van der Waals surface area contributed by atoms with Crippen LogP contribution >= 0.6 is 0 Å². The topological polar surface area (TPSA) is 92.7 Å². The van der Waals surface area contributed by atoms with Gasteiger partial charge < -0.3 is 9.84 Å². The van der Waals surface area contributed by atoms with Crippen LogP contribution < -0.4 is 9.46 Å². The Morgan fingerprint density at radius 2 is 1.77 bits per heavy atom. The summed E-state index contributed by atoms with van der Waals surface area (Å²) in [5, 5.41) is 9.11. The summed E-state index contributed by atoms with van der Waals surface area (Å²) in [5.74, 6) is -1.09. The van der Waals surface area contributed by atoms with Crippen molar-refractivity contribution < 1.29 is 27.4 Å². The molecule has 0 spiro atoms. The summed E-state index contributed by atoms with van der Waals surface area (Å²) in [7, 11) is -4.01. The van der Waals surface area contributed by atoms with Crippen molar-refractivity contribution in [1.29, 1.82) is 0 Å². The molecule has 2 rings (SSSR count). The van der Waals surface area contributed by atoms with Crippen molar-refractivity contribution in [2.45, 2.75) is 30.7 Å². The number of halogens is 1. The van der Waals surface area contributed by atoms with Crippen LogP contribution in [0, 0.1) is 5.82 Å². The summed E-state index contributed by atoms with van der Waals surface area (Å²) in [6.45, 7) is 2.52. The van der Waals surface area contributed by atoms with E-state index in [0.29, 0.717) is 17.9 Å². The van der Waals surface area contributed by atoms with Crippen molar-refractivity contribution in [3.63, 3.8) is 0 Å². The fraction of sp³-hybridized carbons (Fsp3) is 0.278. The van der Waals surface area contributed by atoms with Crippen LogP contribution in [0.3, 0.4) is 0 Å². The standard InChI is InChI=1S/C18H20FNO5S/c1-2-11-25-15-7-3-13(4-8-15)17(12-18(21)22)20-26(23,24)16-9-5-14(19)6-10-16/h3-10,17,20H,2,11-12H2,1H3,(H,21,22)/t17-/m1/s1. The largest absolute Gasteiger partial charge is 0.494 e. The van der Waals surface area contributed by atoms with Crippen LogP contribution in [0.5, 0.6) is 5.75 Å². The maximum atomic E-state index is 13.0. The zero-order valence-corrected chi connectivity index (χ0v) is 15.0. The molecule has 0 amide bonds. The molecule has 0 radical (unpaired) electrons. The van der Waals surface area contributed by atoms with E-state index in [1.807, 2.05) is 6.92 Å². The third kappa shape index (κ3) is 5.53. The van der Waals surface area contributed by atoms with Gasteiger partial charge in [0, 0.05) is 0 Å². The molecule has 0 aliphatic rings. The number of carboxylic acid groups (broad SMARTS) is 1. The highest BCUT2D eigenvalue weighted by Crippen LogP contribution is 2.23. The SMILES string of the molecule is CCCOc1ccc([C@@H](CC(=O)O)NS(=O)(=O)c2ccc(F)cc2)cc1. The summed E-state index contributed by atoms with van der Waals surface area (Å²) in [5.41, 5.74) is 0.488. The van der Waals surface area contributed by atoms with E-state index in [-0.39, 0.29) is 4.90 Å². The molecule has 0 fully saturated rings. The number of aliphatic carboxylic acids is 1. The van der Waals surface area contributed by atoms with Gasteiger partial charge in [-0.3, -0.25) is 4.79 Å². The number of benzene rings is 2. The molecule has 26 heavy (non-hydrogen) atoms. The van der Waals surface area contributed by atoms with E-state index in [9.17, 15) is 17.6 Å². The molecule has 0 unspecified atom stereocenters. The molecule has 0 aromatic heterocycles. The third-order valence-electron chi connectivity index (χ3n) is 3.56. The Balaban J connectivity index is 2.24. The first kappa shape index (κ1) is 19.9. The number of rotatable bonds is 9. The number of carboxylic acids is 1. The molecule has 0 heterocycles. The Hall–Kier alpha value is -2.45. The van der Waals surface area contributed by atoms with Crippen LogP contribution in [0.25, 0.3) is 0 Å². The molecule has 0 aliphatic heterocycles. The number of nitrogens with one attached hydrogen (secondary N) is 1. The van der Waals surface area contributed by atoms with Crippen LogP contribution in [-0.2, 0) is 14.8 Å². The fourth-order valence-electron chi connectivity index (χ4n) is 2.29. The van der Waals surface area contributed by atoms with Crippen molar-refractivity contribution in [2.75, 3.05) is 6.61 Å². The second-order valence-electron chi connectivity index (χ2n) is 5.64. The predicted molar refractivity (Wildman–Crippen MR) is 93.9 cm³/mol. The summed E-state index contributed by atoms with van der Waals surface area (Å²) in [6.07, 6.45) is 0.413. The van der Waals surface area contributed by atoms with Gasteiger partial charge in [-0.25, -0.2) is 17.5 Å². The molecule has 0 bridgehead atoms. The number of carbonyl (C=O) groups is 1. The van der Waals surface area contributed by atoms with Gasteiger partial charge in [0.25, 0.3) is 0 Å². The number of sulfonamides is 1. The Morgan fingerprint density at radius 3 is 2.31 bits per heavy atom. The van der Waals surface area contributed by atoms with Gasteiger partial charge in [-0.15, -0.1) is 0 Å². The maximum Gasteiger partial charge on any atom is 0.305 e. The van der Waals surface area contributed by atoms with Gasteiger partial charge in [0.1, 0.15) is 11.6 Å². The Labute approximate surface area is 151 Å². The van der Waals surface area contributed by atoms with E-state index in [1.165, 1.54) is 0 Å². The van der Waals surface area contributed by atoms with Crippen molar-refractivity contribution in [1.82, 2.24) is 4.72 Å². The van der Waals surface area contributed by atoms with E-state index in [2.05, 4.69) is 4.72 Å². The van der Waals surface area contributed by atoms with E-state index >= 15 is 0 Å². The average Bonchev–Trinajstić information content (AvgIpc) is 2.59. The van der Waals surface area contributed by atoms with E-state index in [4.69, 9.17) is 9.84 Å². The lowest BCUT2D eigenvalue weighted by Crippen LogP contribution is -2.30. The number of hydrogen-bond acceptors (Lipinski definition) is 4. The van der Waals surface area contributed by atoms with Crippen molar-refractivity contribution in [3.05, 3.63) is 59.9 Å². The van der Waals surface area contributed by atoms with Crippen molar-refractivity contribution in [2.24, 2.45) is 0 Å². The first-order valence-corrected chi connectivity index (χ1v) is 9.52. The predicted octanol–water partition coefficient (Wildman–Crippen LogP) is 3.11. The summed E-state index contributed by atoms with van der Waals surface area (Å²) in [4.78, 5) is 11.0. The summed E-state index contributed by atoms with van der Waals surface area (Å²) < 4.78 is 45.8. The quantitative estimate of drug-likeness (QED) is 0.696. The highest BCUT2D eigenvalue weighted by Gasteiger charge is 2.23. The van der Waals surface area contributed by atoms with E-state index in [0.717, 1.165) is 30.7 Å². The molecule has 2 N–H and O–H groups in total. The maximum absolute atomic E-state index is 13.0. The number of ether oxygens (including phenoxy) is 1. The first-order chi connectivity index (χ1) is 12.3. The molecule has 2 aromatic rings. The van der Waals surface area contributed by atoms with Gasteiger partial charge in [-0.05, 0) is 48.4 Å². The lowest BCUT2D eigenvalue weighted by molar-refractivity contribution is -0.137. The molecule has 8 heteroatoms. The Kier molecular flexibility index (Phi) is 6.70. The zero-order valence-electron chi connectivity index (χ0n) is 14.2. The molecule has 2 aromatic carbocycles. The molecular formula is C18H20FNO5S. The second-order valence-corrected chi connectivity index (χ2v) is 7.36. The fourth-order valence-corrected chi connectivity index (χ4v) is 3.51. The van der Waals surface area contributed by atoms with Gasteiger partial charge in [0.2, 0.25) is 10.0 Å². The average molecular weight is 381 g/mol. The van der Waals surface area contributed by atoms with Crippen molar-refractivity contribution >= 4 is 16.0 Å². The molecular weight excluding hydrogens is 361 g/mol. The van der Waals surface area contributed by atoms with E-state index < -0.39 is 34.3 Å². The van der Waals surface area contributed by atoms with Crippen LogP contribution in [0.1, 0.15) is 31.4 Å². The normalized spacial score (nSPS) is 12.5. The second kappa shape index (κ2) is 8.77. The van der Waals surface area contributed by atoms with Crippen LogP contribution in [0.2, 0.25) is 0 Å².